The van der Waals surface area contributed by atoms with Crippen molar-refractivity contribution in [3.05, 3.63) is 94.5 Å². The molecule has 0 aliphatic rings. The lowest BCUT2D eigenvalue weighted by Crippen LogP contribution is -2.53. The Morgan fingerprint density at radius 2 is 1.49 bits per heavy atom. The van der Waals surface area contributed by atoms with Crippen LogP contribution in [0.1, 0.15) is 39.2 Å². The highest BCUT2D eigenvalue weighted by Gasteiger charge is 2.34. The molecule has 0 spiro atoms. The van der Waals surface area contributed by atoms with E-state index in [1.54, 1.807) is 66.7 Å². The van der Waals surface area contributed by atoms with Crippen LogP contribution in [0, 0.1) is 0 Å². The van der Waals surface area contributed by atoms with Gasteiger partial charge in [0.15, 0.2) is 0 Å². The first-order chi connectivity index (χ1) is 18.6. The van der Waals surface area contributed by atoms with E-state index in [9.17, 15) is 18.0 Å². The molecule has 2 amide bonds. The van der Waals surface area contributed by atoms with Gasteiger partial charge in [0.05, 0.1) is 10.6 Å². The van der Waals surface area contributed by atoms with Crippen molar-refractivity contribution >= 4 is 50.7 Å². The molecule has 10 heteroatoms. The number of carbonyl (C=O) groups is 2. The Kier molecular flexibility index (Phi) is 10.8. The second-order valence-electron chi connectivity index (χ2n) is 9.16. The van der Waals surface area contributed by atoms with Crippen LogP contribution in [-0.2, 0) is 26.2 Å². The molecule has 0 aromatic heterocycles. The molecule has 3 aromatic rings. The Morgan fingerprint density at radius 3 is 2.08 bits per heavy atom. The van der Waals surface area contributed by atoms with Crippen LogP contribution in [-0.4, -0.2) is 43.8 Å². The lowest BCUT2D eigenvalue weighted by atomic mass is 10.1. The maximum absolute atomic E-state index is 14.0. The third-order valence-electron chi connectivity index (χ3n) is 6.41. The quantitative estimate of drug-likeness (QED) is 0.284. The standard InChI is InChI=1S/C29H33Cl2N3O4S/c1-4-21(3)32-29(36)27(5-2)33(19-22-11-9-10-14-26(22)31)28(35)20-34(24-17-15-23(30)16-18-24)39(37,38)25-12-7-6-8-13-25/h6-18,21,27H,4-5,19-20H2,1-3H3,(H,32,36)/t21-,27-/m0/s1. The molecule has 3 rings (SSSR count). The molecule has 0 radical (unpaired) electrons. The van der Waals surface area contributed by atoms with Crippen molar-refractivity contribution < 1.29 is 18.0 Å². The normalized spacial score (nSPS) is 12.8. The van der Waals surface area contributed by atoms with E-state index in [1.807, 2.05) is 20.8 Å². The van der Waals surface area contributed by atoms with Crippen LogP contribution in [0.25, 0.3) is 0 Å². The Bertz CT molecular complexity index is 1370. The summed E-state index contributed by atoms with van der Waals surface area (Å²) in [6, 6.07) is 20.2. The zero-order valence-corrected chi connectivity index (χ0v) is 24.5. The summed E-state index contributed by atoms with van der Waals surface area (Å²) in [6.45, 7) is 5.16. The van der Waals surface area contributed by atoms with E-state index in [1.165, 1.54) is 17.0 Å². The fourth-order valence-electron chi connectivity index (χ4n) is 4.03. The molecule has 3 aromatic carbocycles. The number of nitrogens with one attached hydrogen (secondary N) is 1. The molecule has 0 saturated carbocycles. The molecule has 0 bridgehead atoms. The first-order valence-electron chi connectivity index (χ1n) is 12.7. The minimum Gasteiger partial charge on any atom is -0.352 e. The highest BCUT2D eigenvalue weighted by Crippen LogP contribution is 2.27. The number of carbonyl (C=O) groups excluding carboxylic acids is 2. The van der Waals surface area contributed by atoms with Crippen LogP contribution in [0.3, 0.4) is 0 Å². The molecule has 0 aliphatic carbocycles. The highest BCUT2D eigenvalue weighted by atomic mass is 35.5. The van der Waals surface area contributed by atoms with Gasteiger partial charge >= 0.3 is 0 Å². The van der Waals surface area contributed by atoms with Crippen LogP contribution in [0.5, 0.6) is 0 Å². The molecule has 39 heavy (non-hydrogen) atoms. The third-order valence-corrected chi connectivity index (χ3v) is 8.82. The third kappa shape index (κ3) is 7.75. The number of halogens is 2. The average Bonchev–Trinajstić information content (AvgIpc) is 2.93. The number of benzene rings is 3. The zero-order valence-electron chi connectivity index (χ0n) is 22.2. The second-order valence-corrected chi connectivity index (χ2v) is 11.9. The Labute approximate surface area is 240 Å². The Balaban J connectivity index is 2.05. The van der Waals surface area contributed by atoms with Crippen molar-refractivity contribution in [2.45, 2.75) is 57.1 Å². The Morgan fingerprint density at radius 1 is 0.872 bits per heavy atom. The summed E-state index contributed by atoms with van der Waals surface area (Å²) in [5.74, 6) is -0.855. The summed E-state index contributed by atoms with van der Waals surface area (Å²) >= 11 is 12.5. The van der Waals surface area contributed by atoms with Gasteiger partial charge in [-0.3, -0.25) is 13.9 Å². The largest absolute Gasteiger partial charge is 0.352 e. The molecule has 208 valence electrons. The molecule has 1 N–H and O–H groups in total. The first-order valence-corrected chi connectivity index (χ1v) is 14.9. The van der Waals surface area contributed by atoms with Gasteiger partial charge in [0, 0.05) is 22.6 Å². The van der Waals surface area contributed by atoms with E-state index in [4.69, 9.17) is 23.2 Å². The number of sulfonamides is 1. The fraction of sp³-hybridized carbons (Fsp3) is 0.310. The van der Waals surface area contributed by atoms with E-state index >= 15 is 0 Å². The van der Waals surface area contributed by atoms with Gasteiger partial charge in [-0.25, -0.2) is 8.42 Å². The summed E-state index contributed by atoms with van der Waals surface area (Å²) in [5, 5.41) is 3.82. The van der Waals surface area contributed by atoms with E-state index in [0.717, 1.165) is 10.7 Å². The van der Waals surface area contributed by atoms with Crippen LogP contribution in [0.4, 0.5) is 5.69 Å². The summed E-state index contributed by atoms with van der Waals surface area (Å²) in [4.78, 5) is 28.7. The monoisotopic (exact) mass is 589 g/mol. The molecular formula is C29H33Cl2N3O4S. The van der Waals surface area contributed by atoms with Crippen molar-refractivity contribution in [2.24, 2.45) is 0 Å². The Hall–Kier alpha value is -3.07. The van der Waals surface area contributed by atoms with Gasteiger partial charge in [-0.05, 0) is 67.8 Å². The number of hydrogen-bond donors (Lipinski definition) is 1. The van der Waals surface area contributed by atoms with Gasteiger partial charge in [0.2, 0.25) is 11.8 Å². The topological polar surface area (TPSA) is 86.8 Å². The van der Waals surface area contributed by atoms with E-state index in [2.05, 4.69) is 5.32 Å². The second kappa shape index (κ2) is 13.8. The maximum atomic E-state index is 14.0. The lowest BCUT2D eigenvalue weighted by molar-refractivity contribution is -0.140. The molecule has 0 saturated heterocycles. The molecule has 2 atom stereocenters. The SMILES string of the molecule is CC[C@H](C)NC(=O)[C@H](CC)N(Cc1ccccc1Cl)C(=O)CN(c1ccc(Cl)cc1)S(=O)(=O)c1ccccc1. The van der Waals surface area contributed by atoms with Crippen molar-refractivity contribution in [2.75, 3.05) is 10.8 Å². The fourth-order valence-corrected chi connectivity index (χ4v) is 5.78. The maximum Gasteiger partial charge on any atom is 0.264 e. The van der Waals surface area contributed by atoms with Crippen molar-refractivity contribution in [3.63, 3.8) is 0 Å². The van der Waals surface area contributed by atoms with Crippen LogP contribution in [0.2, 0.25) is 10.0 Å². The number of hydrogen-bond acceptors (Lipinski definition) is 4. The van der Waals surface area contributed by atoms with Gasteiger partial charge in [-0.2, -0.15) is 0 Å². The van der Waals surface area contributed by atoms with Gasteiger partial charge in [0.25, 0.3) is 10.0 Å². The van der Waals surface area contributed by atoms with Crippen molar-refractivity contribution in [1.82, 2.24) is 10.2 Å². The van der Waals surface area contributed by atoms with Gasteiger partial charge < -0.3 is 10.2 Å². The number of rotatable bonds is 12. The van der Waals surface area contributed by atoms with Crippen LogP contribution >= 0.6 is 23.2 Å². The molecule has 0 heterocycles. The van der Waals surface area contributed by atoms with E-state index in [0.29, 0.717) is 22.0 Å². The number of nitrogens with zero attached hydrogens (tertiary/aromatic N) is 2. The minimum absolute atomic E-state index is 0.0325. The summed E-state index contributed by atoms with van der Waals surface area (Å²) in [5.41, 5.74) is 0.915. The zero-order chi connectivity index (χ0) is 28.6. The van der Waals surface area contributed by atoms with Gasteiger partial charge in [-0.15, -0.1) is 0 Å². The number of anilines is 1. The van der Waals surface area contributed by atoms with Gasteiger partial charge in [-0.1, -0.05) is 73.4 Å². The van der Waals surface area contributed by atoms with Crippen LogP contribution < -0.4 is 9.62 Å². The predicted octanol–water partition coefficient (Wildman–Crippen LogP) is 5.91. The average molecular weight is 591 g/mol. The first kappa shape index (κ1) is 30.5. The van der Waals surface area contributed by atoms with Crippen LogP contribution in [0.15, 0.2) is 83.8 Å². The molecular weight excluding hydrogens is 557 g/mol. The predicted molar refractivity (Wildman–Crippen MR) is 156 cm³/mol. The number of amides is 2. The molecule has 0 aliphatic heterocycles. The summed E-state index contributed by atoms with van der Waals surface area (Å²) in [7, 11) is -4.14. The molecule has 0 fully saturated rings. The van der Waals surface area contributed by atoms with E-state index < -0.39 is 28.5 Å². The van der Waals surface area contributed by atoms with Gasteiger partial charge in [0.1, 0.15) is 12.6 Å². The highest BCUT2D eigenvalue weighted by molar-refractivity contribution is 7.92. The lowest BCUT2D eigenvalue weighted by Gasteiger charge is -2.34. The van der Waals surface area contributed by atoms with Crippen molar-refractivity contribution in [1.29, 1.82) is 0 Å². The van der Waals surface area contributed by atoms with Crippen molar-refractivity contribution in [3.8, 4) is 0 Å². The summed E-state index contributed by atoms with van der Waals surface area (Å²) in [6.07, 6.45) is 1.05. The summed E-state index contributed by atoms with van der Waals surface area (Å²) < 4.78 is 28.6. The van der Waals surface area contributed by atoms with E-state index in [-0.39, 0.29) is 29.1 Å². The minimum atomic E-state index is -4.14. The molecule has 0 unspecified atom stereocenters. The molecule has 7 nitrogen and oxygen atoms in total. The smallest absolute Gasteiger partial charge is 0.264 e.